The first-order chi connectivity index (χ1) is 13.4. The molecule has 0 aliphatic carbocycles. The van der Waals surface area contributed by atoms with E-state index in [0.717, 1.165) is 51.8 Å². The van der Waals surface area contributed by atoms with Gasteiger partial charge in [-0.2, -0.15) is 0 Å². The van der Waals surface area contributed by atoms with E-state index in [1.807, 2.05) is 37.3 Å². The minimum absolute atomic E-state index is 0.742. The first-order valence-corrected chi connectivity index (χ1v) is 9.70. The maximum absolute atomic E-state index is 10.7. The summed E-state index contributed by atoms with van der Waals surface area (Å²) in [5.74, 6) is 1.63. The third kappa shape index (κ3) is 8.73. The lowest BCUT2D eigenvalue weighted by atomic mass is 10.1. The van der Waals surface area contributed by atoms with Crippen molar-refractivity contribution in [2.24, 2.45) is 0 Å². The third-order valence-electron chi connectivity index (χ3n) is 3.80. The molecule has 4 nitrogen and oxygen atoms in total. The Kier molecular flexibility index (Phi) is 10.4. The standard InChI is InChI=1S/C19H21NO2S.C4H8O/c1-14(19-9-8-18(13-21)23-19)12-15(2)20-11-10-16-4-6-17(22-3)7-5-16;1-4(2)5-3/h4-9,12-13,20H,2,10-11H2,1,3H3;1H2,2-3H3/b14-12+;. The molecule has 28 heavy (non-hydrogen) atoms. The van der Waals surface area contributed by atoms with Crippen molar-refractivity contribution in [3.63, 3.8) is 0 Å². The molecule has 0 bridgehead atoms. The molecule has 0 atom stereocenters. The highest BCUT2D eigenvalue weighted by atomic mass is 32.1. The predicted octanol–water partition coefficient (Wildman–Crippen LogP) is 5.48. The molecule has 1 N–H and O–H groups in total. The van der Waals surface area contributed by atoms with Crippen molar-refractivity contribution >= 4 is 23.2 Å². The zero-order valence-electron chi connectivity index (χ0n) is 17.1. The second kappa shape index (κ2) is 12.6. The highest BCUT2D eigenvalue weighted by Crippen LogP contribution is 2.23. The molecule has 2 aromatic rings. The number of ether oxygens (including phenoxy) is 2. The maximum atomic E-state index is 10.7. The van der Waals surface area contributed by atoms with Crippen molar-refractivity contribution in [3.8, 4) is 5.75 Å². The molecule has 1 aromatic carbocycles. The molecule has 0 spiro atoms. The Morgan fingerprint density at radius 3 is 2.25 bits per heavy atom. The van der Waals surface area contributed by atoms with Gasteiger partial charge < -0.3 is 14.8 Å². The van der Waals surface area contributed by atoms with Crippen LogP contribution in [0.2, 0.25) is 0 Å². The second-order valence-electron chi connectivity index (χ2n) is 6.10. The number of benzene rings is 1. The average Bonchev–Trinajstić information content (AvgIpc) is 3.18. The Balaban J connectivity index is 0.000000696. The highest BCUT2D eigenvalue weighted by molar-refractivity contribution is 7.14. The van der Waals surface area contributed by atoms with E-state index in [9.17, 15) is 4.79 Å². The number of aldehydes is 1. The predicted molar refractivity (Wildman–Crippen MR) is 119 cm³/mol. The molecule has 0 saturated heterocycles. The SMILES string of the molecule is C=C(/C=C(\C)c1ccc(C=O)s1)NCCc1ccc(OC)cc1.C=C(C)OC. The van der Waals surface area contributed by atoms with Crippen LogP contribution in [0.15, 0.2) is 67.1 Å². The van der Waals surface area contributed by atoms with Gasteiger partial charge in [0.15, 0.2) is 6.29 Å². The van der Waals surface area contributed by atoms with Gasteiger partial charge in [-0.05, 0) is 61.7 Å². The summed E-state index contributed by atoms with van der Waals surface area (Å²) in [6, 6.07) is 11.9. The van der Waals surface area contributed by atoms with Crippen LogP contribution in [0.5, 0.6) is 5.75 Å². The molecule has 2 rings (SSSR count). The minimum atomic E-state index is 0.742. The zero-order valence-corrected chi connectivity index (χ0v) is 17.9. The molecule has 1 heterocycles. The van der Waals surface area contributed by atoms with Crippen LogP contribution >= 0.6 is 11.3 Å². The molecule has 1 aromatic heterocycles. The van der Waals surface area contributed by atoms with Crippen molar-refractivity contribution in [2.45, 2.75) is 20.3 Å². The van der Waals surface area contributed by atoms with E-state index in [1.165, 1.54) is 16.9 Å². The number of carbonyl (C=O) groups excluding carboxylic acids is 1. The second-order valence-corrected chi connectivity index (χ2v) is 7.22. The topological polar surface area (TPSA) is 47.6 Å². The van der Waals surface area contributed by atoms with E-state index < -0.39 is 0 Å². The van der Waals surface area contributed by atoms with Crippen molar-refractivity contribution in [1.29, 1.82) is 0 Å². The molecule has 5 heteroatoms. The number of carbonyl (C=O) groups is 1. The van der Waals surface area contributed by atoms with Crippen molar-refractivity contribution in [3.05, 3.63) is 82.4 Å². The molecule has 0 radical (unpaired) electrons. The Morgan fingerprint density at radius 2 is 1.75 bits per heavy atom. The van der Waals surface area contributed by atoms with Gasteiger partial charge in [-0.3, -0.25) is 4.79 Å². The number of hydrogen-bond acceptors (Lipinski definition) is 5. The third-order valence-corrected chi connectivity index (χ3v) is 4.94. The summed E-state index contributed by atoms with van der Waals surface area (Å²) >= 11 is 1.49. The quantitative estimate of drug-likeness (QED) is 0.344. The van der Waals surface area contributed by atoms with Gasteiger partial charge in [0.25, 0.3) is 0 Å². The number of nitrogens with one attached hydrogen (secondary N) is 1. The molecule has 0 aliphatic heterocycles. The fourth-order valence-electron chi connectivity index (χ4n) is 2.17. The summed E-state index contributed by atoms with van der Waals surface area (Å²) < 4.78 is 9.70. The monoisotopic (exact) mass is 399 g/mol. The summed E-state index contributed by atoms with van der Waals surface area (Å²) in [5.41, 5.74) is 3.22. The Hall–Kier alpha value is -2.79. The fourth-order valence-corrected chi connectivity index (χ4v) is 2.97. The first kappa shape index (κ1) is 23.2. The largest absolute Gasteiger partial charge is 0.502 e. The molecule has 0 unspecified atom stereocenters. The van der Waals surface area contributed by atoms with Crippen LogP contribution in [-0.2, 0) is 11.2 Å². The van der Waals surface area contributed by atoms with Crippen LogP contribution < -0.4 is 10.1 Å². The summed E-state index contributed by atoms with van der Waals surface area (Å²) in [7, 11) is 3.27. The van der Waals surface area contributed by atoms with E-state index in [0.29, 0.717) is 0 Å². The lowest BCUT2D eigenvalue weighted by Gasteiger charge is -2.08. The molecule has 0 saturated carbocycles. The van der Waals surface area contributed by atoms with Gasteiger partial charge in [0.1, 0.15) is 5.75 Å². The van der Waals surface area contributed by atoms with Gasteiger partial charge in [0, 0.05) is 17.1 Å². The summed E-state index contributed by atoms with van der Waals surface area (Å²) in [4.78, 5) is 12.6. The van der Waals surface area contributed by atoms with Gasteiger partial charge in [-0.1, -0.05) is 25.3 Å². The smallest absolute Gasteiger partial charge is 0.160 e. The van der Waals surface area contributed by atoms with Crippen LogP contribution in [0, 0.1) is 0 Å². The number of rotatable bonds is 9. The van der Waals surface area contributed by atoms with Gasteiger partial charge in [0.2, 0.25) is 0 Å². The van der Waals surface area contributed by atoms with Crippen LogP contribution in [-0.4, -0.2) is 27.1 Å². The fraction of sp³-hybridized carbons (Fsp3) is 0.261. The van der Waals surface area contributed by atoms with Crippen LogP contribution in [0.4, 0.5) is 0 Å². The lowest BCUT2D eigenvalue weighted by Crippen LogP contribution is -2.14. The highest BCUT2D eigenvalue weighted by Gasteiger charge is 2.02. The van der Waals surface area contributed by atoms with Gasteiger partial charge in [-0.25, -0.2) is 0 Å². The normalized spacial score (nSPS) is 10.4. The van der Waals surface area contributed by atoms with Crippen molar-refractivity contribution < 1.29 is 14.3 Å². The summed E-state index contributed by atoms with van der Waals surface area (Å²) in [5, 5.41) is 3.31. The van der Waals surface area contributed by atoms with Gasteiger partial charge in [0.05, 0.1) is 24.9 Å². The number of hydrogen-bond donors (Lipinski definition) is 1. The Labute approximate surface area is 172 Å². The van der Waals surface area contributed by atoms with Gasteiger partial charge in [-0.15, -0.1) is 11.3 Å². The zero-order chi connectivity index (χ0) is 20.9. The maximum Gasteiger partial charge on any atom is 0.160 e. The molecular formula is C23H29NO3S. The Morgan fingerprint density at radius 1 is 1.11 bits per heavy atom. The molecular weight excluding hydrogens is 370 g/mol. The average molecular weight is 400 g/mol. The van der Waals surface area contributed by atoms with E-state index >= 15 is 0 Å². The number of methoxy groups -OCH3 is 2. The lowest BCUT2D eigenvalue weighted by molar-refractivity contribution is 0.112. The van der Waals surface area contributed by atoms with Crippen molar-refractivity contribution in [2.75, 3.05) is 20.8 Å². The number of allylic oxidation sites excluding steroid dienone is 3. The van der Waals surface area contributed by atoms with Crippen molar-refractivity contribution in [1.82, 2.24) is 5.32 Å². The van der Waals surface area contributed by atoms with Crippen LogP contribution in [0.25, 0.3) is 5.57 Å². The number of thiophene rings is 1. The van der Waals surface area contributed by atoms with Crippen LogP contribution in [0.1, 0.15) is 34.0 Å². The molecule has 0 aliphatic rings. The Bertz CT molecular complexity index is 804. The molecule has 0 amide bonds. The van der Waals surface area contributed by atoms with Crippen LogP contribution in [0.3, 0.4) is 0 Å². The molecule has 0 fully saturated rings. The first-order valence-electron chi connectivity index (χ1n) is 8.88. The van der Waals surface area contributed by atoms with E-state index in [-0.39, 0.29) is 0 Å². The van der Waals surface area contributed by atoms with E-state index in [2.05, 4.69) is 35.3 Å². The summed E-state index contributed by atoms with van der Waals surface area (Å²) in [6.07, 6.45) is 3.81. The summed E-state index contributed by atoms with van der Waals surface area (Å²) in [6.45, 7) is 12.1. The van der Waals surface area contributed by atoms with E-state index in [4.69, 9.17) is 4.74 Å². The minimum Gasteiger partial charge on any atom is -0.502 e. The molecule has 150 valence electrons. The van der Waals surface area contributed by atoms with Gasteiger partial charge >= 0.3 is 0 Å². The van der Waals surface area contributed by atoms with E-state index in [1.54, 1.807) is 21.1 Å².